The molecule has 23 heavy (non-hydrogen) atoms. The highest BCUT2D eigenvalue weighted by atomic mass is 16.3. The molecule has 1 unspecified atom stereocenters. The van der Waals surface area contributed by atoms with Crippen molar-refractivity contribution >= 4 is 16.8 Å². The first-order chi connectivity index (χ1) is 11.1. The number of pyridine rings is 1. The lowest BCUT2D eigenvalue weighted by atomic mass is 10.1. The van der Waals surface area contributed by atoms with Gasteiger partial charge in [0.15, 0.2) is 0 Å². The molecule has 4 heteroatoms. The van der Waals surface area contributed by atoms with E-state index in [0.717, 1.165) is 16.5 Å². The molecule has 1 atom stereocenters. The van der Waals surface area contributed by atoms with E-state index in [4.69, 9.17) is 0 Å². The summed E-state index contributed by atoms with van der Waals surface area (Å²) in [7, 11) is 0. The quantitative estimate of drug-likeness (QED) is 0.778. The van der Waals surface area contributed by atoms with Crippen molar-refractivity contribution in [3.63, 3.8) is 0 Å². The van der Waals surface area contributed by atoms with E-state index in [0.29, 0.717) is 17.6 Å². The van der Waals surface area contributed by atoms with Gasteiger partial charge >= 0.3 is 0 Å². The minimum absolute atomic E-state index is 0.145. The third kappa shape index (κ3) is 3.38. The average Bonchev–Trinajstić information content (AvgIpc) is 2.59. The van der Waals surface area contributed by atoms with E-state index < -0.39 is 6.10 Å². The number of carbonyl (C=O) groups excluding carboxylic acids is 1. The molecule has 3 aromatic rings. The Hall–Kier alpha value is -2.72. The van der Waals surface area contributed by atoms with Crippen molar-refractivity contribution in [3.05, 3.63) is 77.5 Å². The van der Waals surface area contributed by atoms with Gasteiger partial charge < -0.3 is 10.4 Å². The zero-order valence-corrected chi connectivity index (χ0v) is 12.9. The molecule has 0 radical (unpaired) electrons. The number of fused-ring (bicyclic) bond motifs is 1. The van der Waals surface area contributed by atoms with Crippen molar-refractivity contribution in [2.24, 2.45) is 0 Å². The van der Waals surface area contributed by atoms with Gasteiger partial charge in [-0.05, 0) is 30.2 Å². The molecule has 0 spiro atoms. The Bertz CT molecular complexity index is 821. The van der Waals surface area contributed by atoms with E-state index in [9.17, 15) is 9.90 Å². The van der Waals surface area contributed by atoms with E-state index in [1.165, 1.54) is 0 Å². The highest BCUT2D eigenvalue weighted by Crippen LogP contribution is 2.16. The summed E-state index contributed by atoms with van der Waals surface area (Å²) in [6.45, 7) is 2.16. The van der Waals surface area contributed by atoms with Crippen molar-refractivity contribution in [2.75, 3.05) is 0 Å². The molecule has 0 fully saturated rings. The number of nitrogens with zero attached hydrogens (tertiary/aromatic N) is 1. The number of hydrogen-bond acceptors (Lipinski definition) is 3. The number of rotatable bonds is 4. The van der Waals surface area contributed by atoms with Crippen molar-refractivity contribution < 1.29 is 9.90 Å². The van der Waals surface area contributed by atoms with Crippen LogP contribution in [0.3, 0.4) is 0 Å². The molecule has 0 saturated heterocycles. The Kier molecular flexibility index (Phi) is 4.35. The van der Waals surface area contributed by atoms with Crippen LogP contribution < -0.4 is 5.32 Å². The number of aliphatic hydroxyl groups is 1. The fraction of sp³-hybridized carbons (Fsp3) is 0.158. The fourth-order valence-corrected chi connectivity index (χ4v) is 2.48. The van der Waals surface area contributed by atoms with Crippen LogP contribution >= 0.6 is 0 Å². The summed E-state index contributed by atoms with van der Waals surface area (Å²) in [4.78, 5) is 16.7. The largest absolute Gasteiger partial charge is 0.389 e. The van der Waals surface area contributed by atoms with E-state index in [1.807, 2.05) is 48.5 Å². The summed E-state index contributed by atoms with van der Waals surface area (Å²) >= 11 is 0. The van der Waals surface area contributed by atoms with Gasteiger partial charge in [0, 0.05) is 18.1 Å². The van der Waals surface area contributed by atoms with Crippen molar-refractivity contribution in [1.82, 2.24) is 10.3 Å². The van der Waals surface area contributed by atoms with Crippen LogP contribution in [0.5, 0.6) is 0 Å². The van der Waals surface area contributed by atoms with Crippen molar-refractivity contribution in [1.29, 1.82) is 0 Å². The van der Waals surface area contributed by atoms with Gasteiger partial charge in [0.2, 0.25) is 0 Å². The van der Waals surface area contributed by atoms with Crippen LogP contribution in [0.1, 0.15) is 34.5 Å². The highest BCUT2D eigenvalue weighted by Gasteiger charge is 2.10. The molecule has 0 aliphatic heterocycles. The van der Waals surface area contributed by atoms with E-state index >= 15 is 0 Å². The lowest BCUT2D eigenvalue weighted by Gasteiger charge is -2.09. The summed E-state index contributed by atoms with van der Waals surface area (Å²) in [6.07, 6.45) is 1.20. The van der Waals surface area contributed by atoms with Crippen LogP contribution in [0.4, 0.5) is 0 Å². The number of benzene rings is 2. The molecule has 0 aliphatic rings. The molecule has 0 bridgehead atoms. The lowest BCUT2D eigenvalue weighted by Crippen LogP contribution is -2.23. The summed E-state index contributed by atoms with van der Waals surface area (Å²) in [5.74, 6) is -0.145. The molecule has 1 heterocycles. The number of hydrogen-bond donors (Lipinski definition) is 2. The molecule has 3 rings (SSSR count). The SMILES string of the molecule is CC(O)c1ccc(CNC(=O)c2cccc3cccnc23)cc1. The number of aliphatic hydroxyl groups excluding tert-OH is 1. The zero-order valence-electron chi connectivity index (χ0n) is 12.9. The Morgan fingerprint density at radius 1 is 1.13 bits per heavy atom. The summed E-state index contributed by atoms with van der Waals surface area (Å²) < 4.78 is 0. The van der Waals surface area contributed by atoms with Gasteiger partial charge in [-0.15, -0.1) is 0 Å². The van der Waals surface area contributed by atoms with Gasteiger partial charge in [0.1, 0.15) is 0 Å². The molecular weight excluding hydrogens is 288 g/mol. The molecule has 2 aromatic carbocycles. The van der Waals surface area contributed by atoms with Crippen LogP contribution in [0, 0.1) is 0 Å². The van der Waals surface area contributed by atoms with Crippen LogP contribution in [-0.4, -0.2) is 16.0 Å². The zero-order chi connectivity index (χ0) is 16.2. The maximum atomic E-state index is 12.4. The fourth-order valence-electron chi connectivity index (χ4n) is 2.48. The minimum Gasteiger partial charge on any atom is -0.389 e. The molecule has 4 nitrogen and oxygen atoms in total. The Morgan fingerprint density at radius 2 is 1.87 bits per heavy atom. The first-order valence-electron chi connectivity index (χ1n) is 7.54. The highest BCUT2D eigenvalue weighted by molar-refractivity contribution is 6.05. The van der Waals surface area contributed by atoms with Crippen molar-refractivity contribution in [3.8, 4) is 0 Å². The van der Waals surface area contributed by atoms with E-state index in [1.54, 1.807) is 19.2 Å². The minimum atomic E-state index is -0.486. The number of carbonyl (C=O) groups is 1. The van der Waals surface area contributed by atoms with Gasteiger partial charge in [-0.25, -0.2) is 0 Å². The summed E-state index contributed by atoms with van der Waals surface area (Å²) in [5.41, 5.74) is 3.12. The van der Waals surface area contributed by atoms with Crippen LogP contribution in [0.2, 0.25) is 0 Å². The predicted octanol–water partition coefficient (Wildman–Crippen LogP) is 3.22. The number of aromatic nitrogens is 1. The molecule has 116 valence electrons. The van der Waals surface area contributed by atoms with E-state index in [2.05, 4.69) is 10.3 Å². The Labute approximate surface area is 134 Å². The van der Waals surface area contributed by atoms with E-state index in [-0.39, 0.29) is 5.91 Å². The normalized spacial score (nSPS) is 12.1. The van der Waals surface area contributed by atoms with Gasteiger partial charge in [0.05, 0.1) is 17.2 Å². The Balaban J connectivity index is 1.74. The maximum absolute atomic E-state index is 12.4. The molecule has 0 saturated carbocycles. The third-order valence-corrected chi connectivity index (χ3v) is 3.79. The number of nitrogens with one attached hydrogen (secondary N) is 1. The second-order valence-electron chi connectivity index (χ2n) is 5.48. The first kappa shape index (κ1) is 15.2. The first-order valence-corrected chi connectivity index (χ1v) is 7.54. The second kappa shape index (κ2) is 6.58. The lowest BCUT2D eigenvalue weighted by molar-refractivity contribution is 0.0952. The third-order valence-electron chi connectivity index (χ3n) is 3.79. The monoisotopic (exact) mass is 306 g/mol. The molecule has 1 aromatic heterocycles. The average molecular weight is 306 g/mol. The van der Waals surface area contributed by atoms with Gasteiger partial charge in [-0.3, -0.25) is 9.78 Å². The molecule has 2 N–H and O–H groups in total. The van der Waals surface area contributed by atoms with Crippen LogP contribution in [0.15, 0.2) is 60.8 Å². The second-order valence-corrected chi connectivity index (χ2v) is 5.48. The number of amides is 1. The molecule has 0 aliphatic carbocycles. The Morgan fingerprint density at radius 3 is 2.61 bits per heavy atom. The maximum Gasteiger partial charge on any atom is 0.253 e. The predicted molar refractivity (Wildman–Crippen MR) is 90.0 cm³/mol. The van der Waals surface area contributed by atoms with Crippen LogP contribution in [-0.2, 0) is 6.54 Å². The summed E-state index contributed by atoms with van der Waals surface area (Å²) in [5, 5.41) is 13.4. The van der Waals surface area contributed by atoms with Gasteiger partial charge in [-0.2, -0.15) is 0 Å². The smallest absolute Gasteiger partial charge is 0.253 e. The molecular formula is C19H18N2O2. The van der Waals surface area contributed by atoms with Gasteiger partial charge in [0.25, 0.3) is 5.91 Å². The standard InChI is InChI=1S/C19H18N2O2/c1-13(22)15-9-7-14(8-10-15)12-21-19(23)17-6-2-4-16-5-3-11-20-18(16)17/h2-11,13,22H,12H2,1H3,(H,21,23). The topological polar surface area (TPSA) is 62.2 Å². The van der Waals surface area contributed by atoms with Gasteiger partial charge in [-0.1, -0.05) is 42.5 Å². The van der Waals surface area contributed by atoms with Crippen molar-refractivity contribution in [2.45, 2.75) is 19.6 Å². The summed E-state index contributed by atoms with van der Waals surface area (Å²) in [6, 6.07) is 16.9. The van der Waals surface area contributed by atoms with Crippen LogP contribution in [0.25, 0.3) is 10.9 Å². The molecule has 1 amide bonds. The number of para-hydroxylation sites is 1.